The van der Waals surface area contributed by atoms with Crippen LogP contribution in [0.3, 0.4) is 0 Å². The highest BCUT2D eigenvalue weighted by atomic mass is 32.2. The SMILES string of the molecule is CSCC[C@H](N)C(=O)N1CCOC(c2ccccc2)C1. The molecule has 110 valence electrons. The number of amides is 1. The second-order valence-electron chi connectivity index (χ2n) is 4.94. The molecule has 0 aromatic heterocycles. The van der Waals surface area contributed by atoms with E-state index in [2.05, 4.69) is 0 Å². The Morgan fingerprint density at radius 3 is 2.95 bits per heavy atom. The average molecular weight is 294 g/mol. The first-order valence-electron chi connectivity index (χ1n) is 6.92. The van der Waals surface area contributed by atoms with Crippen molar-refractivity contribution in [3.63, 3.8) is 0 Å². The zero-order chi connectivity index (χ0) is 14.4. The highest BCUT2D eigenvalue weighted by molar-refractivity contribution is 7.98. The van der Waals surface area contributed by atoms with Crippen molar-refractivity contribution < 1.29 is 9.53 Å². The van der Waals surface area contributed by atoms with Gasteiger partial charge in [-0.2, -0.15) is 11.8 Å². The molecule has 1 heterocycles. The molecule has 4 nitrogen and oxygen atoms in total. The van der Waals surface area contributed by atoms with Crippen LogP contribution < -0.4 is 5.73 Å². The van der Waals surface area contributed by atoms with Crippen molar-refractivity contribution in [1.82, 2.24) is 4.90 Å². The van der Waals surface area contributed by atoms with Gasteiger partial charge in [-0.15, -0.1) is 0 Å². The standard InChI is InChI=1S/C15H22N2O2S/c1-20-10-7-13(16)15(18)17-8-9-19-14(11-17)12-5-3-2-4-6-12/h2-6,13-14H,7-11,16H2,1H3/t13-,14?/m0/s1. The summed E-state index contributed by atoms with van der Waals surface area (Å²) in [5.74, 6) is 0.961. The second-order valence-corrected chi connectivity index (χ2v) is 5.93. The van der Waals surface area contributed by atoms with Crippen molar-refractivity contribution in [3.8, 4) is 0 Å². The van der Waals surface area contributed by atoms with Crippen molar-refractivity contribution in [2.75, 3.05) is 31.7 Å². The van der Waals surface area contributed by atoms with E-state index in [1.165, 1.54) is 0 Å². The number of nitrogens with two attached hydrogens (primary N) is 1. The summed E-state index contributed by atoms with van der Waals surface area (Å²) in [4.78, 5) is 14.2. The minimum absolute atomic E-state index is 0.0401. The van der Waals surface area contributed by atoms with Gasteiger partial charge in [0.1, 0.15) is 6.10 Å². The molecule has 1 aromatic rings. The third-order valence-corrected chi connectivity index (χ3v) is 4.14. The maximum absolute atomic E-state index is 12.3. The predicted molar refractivity (Wildman–Crippen MR) is 82.7 cm³/mol. The number of hydrogen-bond acceptors (Lipinski definition) is 4. The number of thioether (sulfide) groups is 1. The Labute approximate surface area is 124 Å². The van der Waals surface area contributed by atoms with Crippen LogP contribution in [-0.4, -0.2) is 48.6 Å². The zero-order valence-corrected chi connectivity index (χ0v) is 12.6. The summed E-state index contributed by atoms with van der Waals surface area (Å²) in [5.41, 5.74) is 7.09. The Hall–Kier alpha value is -1.04. The maximum atomic E-state index is 12.3. The Morgan fingerprint density at radius 2 is 2.25 bits per heavy atom. The van der Waals surface area contributed by atoms with Crippen LogP contribution in [0.4, 0.5) is 0 Å². The second kappa shape index (κ2) is 7.67. The van der Waals surface area contributed by atoms with Gasteiger partial charge in [0, 0.05) is 6.54 Å². The molecule has 2 rings (SSSR count). The number of carbonyl (C=O) groups excluding carboxylic acids is 1. The van der Waals surface area contributed by atoms with E-state index in [0.29, 0.717) is 19.7 Å². The molecule has 1 amide bonds. The van der Waals surface area contributed by atoms with E-state index >= 15 is 0 Å². The molecule has 0 spiro atoms. The zero-order valence-electron chi connectivity index (χ0n) is 11.8. The number of hydrogen-bond donors (Lipinski definition) is 1. The van der Waals surface area contributed by atoms with E-state index in [4.69, 9.17) is 10.5 Å². The molecule has 1 fully saturated rings. The summed E-state index contributed by atoms with van der Waals surface area (Å²) in [6.07, 6.45) is 2.71. The van der Waals surface area contributed by atoms with E-state index in [0.717, 1.165) is 17.7 Å². The molecule has 2 N–H and O–H groups in total. The minimum Gasteiger partial charge on any atom is -0.370 e. The van der Waals surface area contributed by atoms with Gasteiger partial charge < -0.3 is 15.4 Å². The van der Waals surface area contributed by atoms with E-state index in [-0.39, 0.29) is 12.0 Å². The fraction of sp³-hybridized carbons (Fsp3) is 0.533. The van der Waals surface area contributed by atoms with Crippen LogP contribution in [-0.2, 0) is 9.53 Å². The lowest BCUT2D eigenvalue weighted by molar-refractivity contribution is -0.140. The monoisotopic (exact) mass is 294 g/mol. The lowest BCUT2D eigenvalue weighted by Gasteiger charge is -2.34. The normalized spacial score (nSPS) is 20.7. The average Bonchev–Trinajstić information content (AvgIpc) is 2.53. The molecule has 2 atom stereocenters. The lowest BCUT2D eigenvalue weighted by atomic mass is 10.1. The summed E-state index contributed by atoms with van der Waals surface area (Å²) >= 11 is 1.72. The third kappa shape index (κ3) is 3.98. The summed E-state index contributed by atoms with van der Waals surface area (Å²) in [7, 11) is 0. The fourth-order valence-electron chi connectivity index (χ4n) is 2.32. The largest absolute Gasteiger partial charge is 0.370 e. The molecule has 1 aliphatic heterocycles. The molecule has 1 saturated heterocycles. The quantitative estimate of drug-likeness (QED) is 0.897. The van der Waals surface area contributed by atoms with E-state index in [1.54, 1.807) is 11.8 Å². The molecule has 0 radical (unpaired) electrons. The topological polar surface area (TPSA) is 55.6 Å². The van der Waals surface area contributed by atoms with Crippen LogP contribution in [0.15, 0.2) is 30.3 Å². The van der Waals surface area contributed by atoms with E-state index in [1.807, 2.05) is 41.5 Å². The summed E-state index contributed by atoms with van der Waals surface area (Å²) in [6, 6.07) is 9.64. The van der Waals surface area contributed by atoms with Gasteiger partial charge in [-0.25, -0.2) is 0 Å². The molecule has 0 saturated carbocycles. The van der Waals surface area contributed by atoms with Gasteiger partial charge in [-0.05, 0) is 24.0 Å². The number of carbonyl (C=O) groups is 1. The van der Waals surface area contributed by atoms with E-state index < -0.39 is 6.04 Å². The number of nitrogens with zero attached hydrogens (tertiary/aromatic N) is 1. The summed E-state index contributed by atoms with van der Waals surface area (Å²) < 4.78 is 5.77. The van der Waals surface area contributed by atoms with Gasteiger partial charge in [0.15, 0.2) is 0 Å². The first-order chi connectivity index (χ1) is 9.72. The van der Waals surface area contributed by atoms with Crippen LogP contribution in [0, 0.1) is 0 Å². The number of rotatable bonds is 5. The molecular weight excluding hydrogens is 272 g/mol. The van der Waals surface area contributed by atoms with Crippen molar-refractivity contribution in [2.45, 2.75) is 18.6 Å². The fourth-order valence-corrected chi connectivity index (χ4v) is 2.81. The van der Waals surface area contributed by atoms with Crippen LogP contribution in [0.25, 0.3) is 0 Å². The van der Waals surface area contributed by atoms with Crippen LogP contribution in [0.5, 0.6) is 0 Å². The van der Waals surface area contributed by atoms with Gasteiger partial charge in [0.2, 0.25) is 5.91 Å². The molecule has 0 aliphatic carbocycles. The maximum Gasteiger partial charge on any atom is 0.239 e. The van der Waals surface area contributed by atoms with Gasteiger partial charge >= 0.3 is 0 Å². The van der Waals surface area contributed by atoms with Crippen LogP contribution in [0.2, 0.25) is 0 Å². The van der Waals surface area contributed by atoms with E-state index in [9.17, 15) is 4.79 Å². The Kier molecular flexibility index (Phi) is 5.88. The van der Waals surface area contributed by atoms with Crippen molar-refractivity contribution >= 4 is 17.7 Å². The van der Waals surface area contributed by atoms with Crippen molar-refractivity contribution in [3.05, 3.63) is 35.9 Å². The van der Waals surface area contributed by atoms with Gasteiger partial charge in [0.05, 0.1) is 19.2 Å². The first kappa shape index (κ1) is 15.4. The Morgan fingerprint density at radius 1 is 1.50 bits per heavy atom. The predicted octanol–water partition coefficient (Wildman–Crippen LogP) is 1.67. The van der Waals surface area contributed by atoms with Crippen LogP contribution in [0.1, 0.15) is 18.1 Å². The Balaban J connectivity index is 1.95. The molecule has 20 heavy (non-hydrogen) atoms. The molecule has 1 aliphatic rings. The highest BCUT2D eigenvalue weighted by Crippen LogP contribution is 2.22. The highest BCUT2D eigenvalue weighted by Gasteiger charge is 2.28. The van der Waals surface area contributed by atoms with Crippen molar-refractivity contribution in [1.29, 1.82) is 0 Å². The molecule has 1 unspecified atom stereocenters. The van der Waals surface area contributed by atoms with Gasteiger partial charge in [-0.1, -0.05) is 30.3 Å². The van der Waals surface area contributed by atoms with Gasteiger partial charge in [0.25, 0.3) is 0 Å². The smallest absolute Gasteiger partial charge is 0.239 e. The third-order valence-electron chi connectivity index (χ3n) is 3.50. The summed E-state index contributed by atoms with van der Waals surface area (Å²) in [5, 5.41) is 0. The molecule has 5 heteroatoms. The van der Waals surface area contributed by atoms with Crippen molar-refractivity contribution in [2.24, 2.45) is 5.73 Å². The molecule has 1 aromatic carbocycles. The Bertz CT molecular complexity index is 427. The number of benzene rings is 1. The lowest BCUT2D eigenvalue weighted by Crippen LogP contribution is -2.49. The molecule has 0 bridgehead atoms. The minimum atomic E-state index is -0.392. The first-order valence-corrected chi connectivity index (χ1v) is 8.31. The number of ether oxygens (including phenoxy) is 1. The van der Waals surface area contributed by atoms with Crippen LogP contribution >= 0.6 is 11.8 Å². The summed E-state index contributed by atoms with van der Waals surface area (Å²) in [6.45, 7) is 1.80. The molecular formula is C15H22N2O2S. The van der Waals surface area contributed by atoms with Gasteiger partial charge in [-0.3, -0.25) is 4.79 Å². The number of morpholine rings is 1.